The minimum Gasteiger partial charge on any atom is -0.412 e. The van der Waals surface area contributed by atoms with Crippen LogP contribution in [0.25, 0.3) is 0 Å². The van der Waals surface area contributed by atoms with Crippen molar-refractivity contribution >= 4 is 0 Å². The summed E-state index contributed by atoms with van der Waals surface area (Å²) in [6.07, 6.45) is 19.9. The van der Waals surface area contributed by atoms with Crippen molar-refractivity contribution in [2.24, 2.45) is 52.3 Å². The van der Waals surface area contributed by atoms with E-state index in [0.717, 1.165) is 48.5 Å². The van der Waals surface area contributed by atoms with Gasteiger partial charge in [0, 0.05) is 7.11 Å². The highest BCUT2D eigenvalue weighted by Crippen LogP contribution is 2.68. The summed E-state index contributed by atoms with van der Waals surface area (Å²) in [7, 11) is 1.00. The topological polar surface area (TPSA) is 51.7 Å². The van der Waals surface area contributed by atoms with Crippen LogP contribution in [0.2, 0.25) is 0 Å². The van der Waals surface area contributed by atoms with Crippen LogP contribution in [0.3, 0.4) is 0 Å². The Bertz CT molecular complexity index is 517. The zero-order chi connectivity index (χ0) is 21.2. The van der Waals surface area contributed by atoms with E-state index in [1.807, 2.05) is 0 Å². The molecule has 0 heterocycles. The molecule has 0 aromatic rings. The van der Waals surface area contributed by atoms with Crippen LogP contribution in [0.4, 0.5) is 0 Å². The first-order valence-corrected chi connectivity index (χ1v) is 13.3. The number of hydrogen-bond donors (Lipinski definition) is 1. The van der Waals surface area contributed by atoms with Crippen LogP contribution < -0.4 is 0 Å². The monoisotopic (exact) mass is 422 g/mol. The second kappa shape index (κ2) is 10.7. The first-order chi connectivity index (χ1) is 13.9. The third-order valence-corrected chi connectivity index (χ3v) is 10.8. The molecule has 8 atom stereocenters. The normalized spacial score (nSPS) is 43.4. The Morgan fingerprint density at radius 2 is 1.47 bits per heavy atom. The van der Waals surface area contributed by atoms with Crippen LogP contribution >= 0.6 is 0 Å². The van der Waals surface area contributed by atoms with Crippen LogP contribution in [0.1, 0.15) is 118 Å². The van der Waals surface area contributed by atoms with Gasteiger partial charge in [-0.05, 0) is 104 Å². The van der Waals surface area contributed by atoms with E-state index in [1.165, 1.54) is 32.1 Å². The summed E-state index contributed by atoms with van der Waals surface area (Å²) in [5.41, 5.74) is 1.39. The summed E-state index contributed by atoms with van der Waals surface area (Å²) in [5.74, 6) is 7.15. The fourth-order valence-corrected chi connectivity index (χ4v) is 9.32. The Kier molecular flexibility index (Phi) is 9.33. The van der Waals surface area contributed by atoms with Gasteiger partial charge in [0.1, 0.15) is 0 Å². The van der Waals surface area contributed by atoms with Gasteiger partial charge in [0.15, 0.2) is 0 Å². The van der Waals surface area contributed by atoms with Gasteiger partial charge < -0.3 is 10.6 Å². The summed E-state index contributed by atoms with van der Waals surface area (Å²) < 4.78 is 0. The molecule has 0 aliphatic heterocycles. The Hall–Kier alpha value is -0.0800. The zero-order valence-corrected chi connectivity index (χ0v) is 21.2. The summed E-state index contributed by atoms with van der Waals surface area (Å²) >= 11 is 0. The molecule has 0 radical (unpaired) electrons. The number of aliphatic hydroxyl groups excluding tert-OH is 1. The second-order valence-corrected chi connectivity index (χ2v) is 12.4. The van der Waals surface area contributed by atoms with Crippen molar-refractivity contribution < 1.29 is 10.6 Å². The molecule has 30 heavy (non-hydrogen) atoms. The first-order valence-electron chi connectivity index (χ1n) is 13.3. The molecule has 0 saturated heterocycles. The molecule has 3 N–H and O–H groups in total. The molecule has 0 aromatic carbocycles. The molecule has 2 heteroatoms. The summed E-state index contributed by atoms with van der Waals surface area (Å²) in [6.45, 7) is 12.9. The smallest absolute Gasteiger partial charge is 0.0319 e. The van der Waals surface area contributed by atoms with E-state index in [0.29, 0.717) is 10.8 Å². The van der Waals surface area contributed by atoms with Gasteiger partial charge in [-0.1, -0.05) is 66.7 Å². The molecule has 4 aliphatic rings. The van der Waals surface area contributed by atoms with Crippen LogP contribution in [0.5, 0.6) is 0 Å². The molecule has 4 aliphatic carbocycles. The lowest BCUT2D eigenvalue weighted by Gasteiger charge is -2.61. The average Bonchev–Trinajstić information content (AvgIpc) is 3.06. The maximum Gasteiger partial charge on any atom is 0.0319 e. The minimum absolute atomic E-state index is 0. The number of aliphatic hydroxyl groups is 1. The maximum atomic E-state index is 7.00. The average molecular weight is 423 g/mol. The lowest BCUT2D eigenvalue weighted by molar-refractivity contribution is -0.114. The van der Waals surface area contributed by atoms with E-state index in [1.54, 1.807) is 51.4 Å². The van der Waals surface area contributed by atoms with Gasteiger partial charge in [-0.25, -0.2) is 0 Å². The molecule has 7 unspecified atom stereocenters. The predicted molar refractivity (Wildman–Crippen MR) is 129 cm³/mol. The van der Waals surface area contributed by atoms with Gasteiger partial charge in [0.2, 0.25) is 0 Å². The van der Waals surface area contributed by atoms with Crippen LogP contribution in [0, 0.1) is 52.3 Å². The van der Waals surface area contributed by atoms with Crippen molar-refractivity contribution in [2.45, 2.75) is 118 Å². The van der Waals surface area contributed by atoms with Gasteiger partial charge >= 0.3 is 0 Å². The maximum absolute atomic E-state index is 7.00. The van der Waals surface area contributed by atoms with Crippen LogP contribution in [-0.4, -0.2) is 17.7 Å². The van der Waals surface area contributed by atoms with Gasteiger partial charge in [-0.2, -0.15) is 0 Å². The van der Waals surface area contributed by atoms with Crippen molar-refractivity contribution in [1.82, 2.24) is 0 Å². The summed E-state index contributed by atoms with van der Waals surface area (Å²) in [4.78, 5) is 0. The van der Waals surface area contributed by atoms with E-state index in [-0.39, 0.29) is 5.48 Å². The SMILES string of the molecule is CC(C)CCCC(C)C1CCC2C3CC[C@H]4CCCCC4(C)C3CCC12C.CO.O. The molecule has 4 fully saturated rings. The quantitative estimate of drug-likeness (QED) is 0.497. The van der Waals surface area contributed by atoms with Gasteiger partial charge in [0.25, 0.3) is 0 Å². The molecular weight excluding hydrogens is 368 g/mol. The zero-order valence-electron chi connectivity index (χ0n) is 21.2. The van der Waals surface area contributed by atoms with Crippen molar-refractivity contribution in [3.05, 3.63) is 0 Å². The minimum atomic E-state index is 0. The summed E-state index contributed by atoms with van der Waals surface area (Å²) in [6, 6.07) is 0. The Labute approximate surface area is 188 Å². The standard InChI is InChI=1S/C27H48.CH4O.H2O/c1-19(2)9-8-10-20(3)23-14-15-24-22-13-12-21-11-6-7-17-26(21,4)25(22)16-18-27(23,24)5;1-2;/h19-25H,6-18H2,1-5H3;2H,1H3;1H2/t20?,21-,22?,23?,24?,25?,26?,27?;;/m1../s1. The van der Waals surface area contributed by atoms with Crippen LogP contribution in [-0.2, 0) is 0 Å². The Balaban J connectivity index is 0.00000104. The molecule has 0 bridgehead atoms. The fraction of sp³-hybridized carbons (Fsp3) is 1.00. The molecule has 0 spiro atoms. The lowest BCUT2D eigenvalue weighted by Crippen LogP contribution is -2.53. The van der Waals surface area contributed by atoms with E-state index < -0.39 is 0 Å². The molecule has 0 amide bonds. The Morgan fingerprint density at radius 3 is 2.17 bits per heavy atom. The molecular formula is C28H54O2. The van der Waals surface area contributed by atoms with E-state index in [9.17, 15) is 0 Å². The van der Waals surface area contributed by atoms with Crippen molar-refractivity contribution in [3.63, 3.8) is 0 Å². The largest absolute Gasteiger partial charge is 0.412 e. The lowest BCUT2D eigenvalue weighted by atomic mass is 9.44. The van der Waals surface area contributed by atoms with Crippen molar-refractivity contribution in [1.29, 1.82) is 0 Å². The van der Waals surface area contributed by atoms with Gasteiger partial charge in [0.05, 0.1) is 0 Å². The number of rotatable bonds is 5. The molecule has 2 nitrogen and oxygen atoms in total. The molecule has 4 rings (SSSR count). The summed E-state index contributed by atoms with van der Waals surface area (Å²) in [5, 5.41) is 7.00. The third kappa shape index (κ3) is 4.66. The Morgan fingerprint density at radius 1 is 0.767 bits per heavy atom. The third-order valence-electron chi connectivity index (χ3n) is 10.8. The van der Waals surface area contributed by atoms with Gasteiger partial charge in [-0.15, -0.1) is 0 Å². The fourth-order valence-electron chi connectivity index (χ4n) is 9.32. The first kappa shape index (κ1) is 26.2. The predicted octanol–water partition coefficient (Wildman–Crippen LogP) is 7.28. The second-order valence-electron chi connectivity index (χ2n) is 12.4. The van der Waals surface area contributed by atoms with E-state index in [2.05, 4.69) is 34.6 Å². The van der Waals surface area contributed by atoms with Crippen LogP contribution in [0.15, 0.2) is 0 Å². The molecule has 178 valence electrons. The highest BCUT2D eigenvalue weighted by molar-refractivity contribution is 5.09. The number of fused-ring (bicyclic) bond motifs is 5. The number of hydrogen-bond acceptors (Lipinski definition) is 1. The van der Waals surface area contributed by atoms with E-state index in [4.69, 9.17) is 5.11 Å². The van der Waals surface area contributed by atoms with Crippen molar-refractivity contribution in [2.75, 3.05) is 7.11 Å². The molecule has 0 aromatic heterocycles. The van der Waals surface area contributed by atoms with E-state index >= 15 is 0 Å². The highest BCUT2D eigenvalue weighted by atomic mass is 16.2. The highest BCUT2D eigenvalue weighted by Gasteiger charge is 2.59. The van der Waals surface area contributed by atoms with Gasteiger partial charge in [-0.3, -0.25) is 0 Å². The molecule has 4 saturated carbocycles. The van der Waals surface area contributed by atoms with Crippen molar-refractivity contribution in [3.8, 4) is 0 Å².